The Bertz CT molecular complexity index is 1030. The molecular formula is C13H8I2O6S2. The molecule has 0 atom stereocenters. The Morgan fingerprint density at radius 3 is 1.83 bits per heavy atom. The van der Waals surface area contributed by atoms with Crippen LogP contribution in [0.2, 0.25) is 0 Å². The lowest BCUT2D eigenvalue weighted by molar-refractivity contribution is 0.435. The van der Waals surface area contributed by atoms with Crippen molar-refractivity contribution < 1.29 is 25.2 Å². The molecule has 0 spiro atoms. The summed E-state index contributed by atoms with van der Waals surface area (Å²) in [4.78, 5) is -0.783. The molecule has 6 nitrogen and oxygen atoms in total. The van der Waals surface area contributed by atoms with Crippen molar-refractivity contribution in [3.63, 3.8) is 0 Å². The minimum Gasteiger partial charge on any atom is -0.375 e. The van der Waals surface area contributed by atoms with Crippen molar-refractivity contribution in [2.75, 3.05) is 0 Å². The Labute approximate surface area is 160 Å². The van der Waals surface area contributed by atoms with Gasteiger partial charge in [0.2, 0.25) is 0 Å². The van der Waals surface area contributed by atoms with Crippen LogP contribution in [0.3, 0.4) is 0 Å². The van der Waals surface area contributed by atoms with Gasteiger partial charge in [-0.2, -0.15) is 16.8 Å². The lowest BCUT2D eigenvalue weighted by Gasteiger charge is -2.21. The average Bonchev–Trinajstić information content (AvgIpc) is 2.42. The summed E-state index contributed by atoms with van der Waals surface area (Å²) >= 11 is 3.72. The van der Waals surface area contributed by atoms with E-state index in [1.807, 2.05) is 22.6 Å². The monoisotopic (exact) mass is 578 g/mol. The molecular weight excluding hydrogens is 570 g/mol. The highest BCUT2D eigenvalue weighted by Crippen LogP contribution is 2.40. The second-order valence-electron chi connectivity index (χ2n) is 4.65. The zero-order chi connectivity index (χ0) is 17.0. The average molecular weight is 578 g/mol. The second-order valence-corrected chi connectivity index (χ2v) is 9.94. The highest BCUT2D eigenvalue weighted by atomic mass is 127. The third-order valence-corrected chi connectivity index (χ3v) is 8.32. The minimum atomic E-state index is -4.33. The minimum absolute atomic E-state index is 0.171. The van der Waals surface area contributed by atoms with Gasteiger partial charge < -0.3 is 8.37 Å². The number of halogens is 2. The highest BCUT2D eigenvalue weighted by Gasteiger charge is 2.38. The molecule has 0 unspecified atom stereocenters. The van der Waals surface area contributed by atoms with Gasteiger partial charge in [-0.05, 0) is 75.9 Å². The molecule has 0 aromatic heterocycles. The van der Waals surface area contributed by atoms with E-state index in [1.165, 1.54) is 31.2 Å². The van der Waals surface area contributed by atoms with Gasteiger partial charge in [-0.3, -0.25) is 0 Å². The molecule has 1 aliphatic rings. The van der Waals surface area contributed by atoms with Gasteiger partial charge in [0.25, 0.3) is 0 Å². The van der Waals surface area contributed by atoms with Gasteiger partial charge in [0, 0.05) is 7.14 Å². The first-order chi connectivity index (χ1) is 10.6. The Balaban J connectivity index is 2.47. The number of rotatable bonds is 0. The molecule has 3 rings (SSSR count). The molecule has 0 saturated heterocycles. The lowest BCUT2D eigenvalue weighted by Crippen LogP contribution is -2.24. The van der Waals surface area contributed by atoms with Gasteiger partial charge in [-0.1, -0.05) is 12.1 Å². The third kappa shape index (κ3) is 2.93. The molecule has 0 amide bonds. The van der Waals surface area contributed by atoms with E-state index in [0.717, 1.165) is 0 Å². The molecule has 10 heteroatoms. The first-order valence-corrected chi connectivity index (χ1v) is 11.1. The van der Waals surface area contributed by atoms with Gasteiger partial charge in [0.1, 0.15) is 9.79 Å². The maximum absolute atomic E-state index is 12.7. The molecule has 1 heterocycles. The van der Waals surface area contributed by atoms with E-state index >= 15 is 0 Å². The second kappa shape index (κ2) is 5.74. The Morgan fingerprint density at radius 1 is 0.826 bits per heavy atom. The summed E-state index contributed by atoms with van der Waals surface area (Å²) in [7, 11) is -8.66. The fourth-order valence-electron chi connectivity index (χ4n) is 2.11. The maximum atomic E-state index is 12.7. The summed E-state index contributed by atoms with van der Waals surface area (Å²) in [6.45, 7) is 1.53. The molecule has 23 heavy (non-hydrogen) atoms. The summed E-state index contributed by atoms with van der Waals surface area (Å²) in [5.41, 5.74) is 0.299. The Hall–Kier alpha value is -0.600. The topological polar surface area (TPSA) is 86.7 Å². The number of fused-ring (bicyclic) bond motifs is 2. The number of hydrogen-bond acceptors (Lipinski definition) is 6. The summed E-state index contributed by atoms with van der Waals surface area (Å²) in [6, 6.07) is 7.30. The fourth-order valence-corrected chi connectivity index (χ4v) is 8.07. The van der Waals surface area contributed by atoms with E-state index in [2.05, 4.69) is 0 Å². The SMILES string of the molecule is Cc1c(I)cc(I)c2c1S(=O)(=O)Oc1ccccc1OS2(=O)=O. The first-order valence-electron chi connectivity index (χ1n) is 6.10. The van der Waals surface area contributed by atoms with Crippen molar-refractivity contribution in [3.8, 4) is 11.5 Å². The van der Waals surface area contributed by atoms with Gasteiger partial charge in [0.05, 0.1) is 0 Å². The molecule has 1 aliphatic heterocycles. The van der Waals surface area contributed by atoms with Crippen molar-refractivity contribution in [1.82, 2.24) is 0 Å². The van der Waals surface area contributed by atoms with Crippen LogP contribution in [0.25, 0.3) is 0 Å². The Kier molecular flexibility index (Phi) is 4.30. The predicted octanol–water partition coefficient (Wildman–Crippen LogP) is 3.05. The molecule has 0 fully saturated rings. The van der Waals surface area contributed by atoms with Crippen LogP contribution in [0, 0.1) is 14.1 Å². The van der Waals surface area contributed by atoms with E-state index in [4.69, 9.17) is 8.37 Å². The van der Waals surface area contributed by atoms with Gasteiger partial charge in [0.15, 0.2) is 11.5 Å². The maximum Gasteiger partial charge on any atom is 0.341 e. The molecule has 0 N–H and O–H groups in total. The van der Waals surface area contributed by atoms with Crippen LogP contribution in [-0.4, -0.2) is 16.8 Å². The van der Waals surface area contributed by atoms with Crippen molar-refractivity contribution >= 4 is 65.4 Å². The van der Waals surface area contributed by atoms with Gasteiger partial charge in [-0.25, -0.2) is 0 Å². The fraction of sp³-hybridized carbons (Fsp3) is 0.0769. The van der Waals surface area contributed by atoms with E-state index in [1.54, 1.807) is 28.7 Å². The summed E-state index contributed by atoms with van der Waals surface area (Å²) in [5.74, 6) is -0.344. The summed E-state index contributed by atoms with van der Waals surface area (Å²) in [6.07, 6.45) is 0. The van der Waals surface area contributed by atoms with Crippen LogP contribution in [0.5, 0.6) is 11.5 Å². The summed E-state index contributed by atoms with van der Waals surface area (Å²) in [5, 5.41) is 0. The molecule has 2 aromatic rings. The number of hydrogen-bond donors (Lipinski definition) is 0. The molecule has 0 saturated carbocycles. The van der Waals surface area contributed by atoms with Crippen LogP contribution in [0.1, 0.15) is 5.56 Å². The quantitative estimate of drug-likeness (QED) is 0.353. The van der Waals surface area contributed by atoms with Crippen LogP contribution in [-0.2, 0) is 20.2 Å². The van der Waals surface area contributed by atoms with E-state index < -0.39 is 25.1 Å². The van der Waals surface area contributed by atoms with Crippen LogP contribution in [0.4, 0.5) is 0 Å². The van der Waals surface area contributed by atoms with E-state index in [0.29, 0.717) is 9.13 Å². The zero-order valence-corrected chi connectivity index (χ0v) is 17.4. The molecule has 122 valence electrons. The van der Waals surface area contributed by atoms with Gasteiger partial charge >= 0.3 is 20.2 Å². The largest absolute Gasteiger partial charge is 0.375 e. The smallest absolute Gasteiger partial charge is 0.341 e. The number of benzene rings is 2. The van der Waals surface area contributed by atoms with Crippen molar-refractivity contribution in [3.05, 3.63) is 43.0 Å². The molecule has 2 aromatic carbocycles. The zero-order valence-electron chi connectivity index (χ0n) is 11.4. The van der Waals surface area contributed by atoms with Crippen LogP contribution >= 0.6 is 45.2 Å². The van der Waals surface area contributed by atoms with Gasteiger partial charge in [-0.15, -0.1) is 0 Å². The highest BCUT2D eigenvalue weighted by molar-refractivity contribution is 14.1. The van der Waals surface area contributed by atoms with E-state index in [-0.39, 0.29) is 20.0 Å². The first kappa shape index (κ1) is 17.2. The predicted molar refractivity (Wildman–Crippen MR) is 98.7 cm³/mol. The normalized spacial score (nSPS) is 17.7. The van der Waals surface area contributed by atoms with Crippen molar-refractivity contribution in [2.45, 2.75) is 16.7 Å². The van der Waals surface area contributed by atoms with Crippen molar-refractivity contribution in [2.24, 2.45) is 0 Å². The third-order valence-electron chi connectivity index (χ3n) is 3.12. The van der Waals surface area contributed by atoms with E-state index in [9.17, 15) is 16.8 Å². The standard InChI is InChI=1S/C13H8I2O6S2/c1-7-8(14)6-9(15)13-12(7)22(16,17)20-10-4-2-3-5-11(10)21-23(13,18)19/h2-6H,1H3. The van der Waals surface area contributed by atoms with Crippen LogP contribution in [0.15, 0.2) is 40.1 Å². The molecule has 0 aliphatic carbocycles. The lowest BCUT2D eigenvalue weighted by atomic mass is 10.2. The molecule has 0 bridgehead atoms. The molecule has 0 radical (unpaired) electrons. The Morgan fingerprint density at radius 2 is 1.30 bits per heavy atom. The number of para-hydroxylation sites is 2. The van der Waals surface area contributed by atoms with Crippen LogP contribution < -0.4 is 8.37 Å². The summed E-state index contributed by atoms with van der Waals surface area (Å²) < 4.78 is 61.7. The van der Waals surface area contributed by atoms with Crippen molar-refractivity contribution in [1.29, 1.82) is 0 Å².